The number of benzene rings is 1. The van der Waals surface area contributed by atoms with Gasteiger partial charge in [-0.05, 0) is 25.8 Å². The standard InChI is InChI=1S/C18H24N6O3/c1-5-19-16-12(4)20-18(22-15(10-25)11(2)3)23-17(16)21-13-7-6-8-14(9-13)24(26)27/h5-9,11,15,25H,10H2,1-4H3,(H2,20,21,22,23). The van der Waals surface area contributed by atoms with Crippen LogP contribution in [0.1, 0.15) is 26.5 Å². The van der Waals surface area contributed by atoms with Crippen LogP contribution < -0.4 is 10.6 Å². The number of aryl methyl sites for hydroxylation is 1. The lowest BCUT2D eigenvalue weighted by atomic mass is 10.1. The van der Waals surface area contributed by atoms with E-state index < -0.39 is 4.92 Å². The average Bonchev–Trinajstić information content (AvgIpc) is 2.62. The molecular weight excluding hydrogens is 348 g/mol. The van der Waals surface area contributed by atoms with E-state index in [0.717, 1.165) is 0 Å². The molecule has 0 saturated carbocycles. The number of hydrogen-bond acceptors (Lipinski definition) is 8. The third kappa shape index (κ3) is 5.20. The lowest BCUT2D eigenvalue weighted by Gasteiger charge is -2.21. The van der Waals surface area contributed by atoms with Crippen molar-refractivity contribution in [3.8, 4) is 0 Å². The van der Waals surface area contributed by atoms with Crippen LogP contribution in [-0.4, -0.2) is 38.9 Å². The van der Waals surface area contributed by atoms with Crippen LogP contribution in [0.5, 0.6) is 0 Å². The molecule has 27 heavy (non-hydrogen) atoms. The minimum atomic E-state index is -0.455. The normalized spacial score (nSPS) is 12.4. The minimum Gasteiger partial charge on any atom is -0.394 e. The van der Waals surface area contributed by atoms with Gasteiger partial charge in [0.15, 0.2) is 5.82 Å². The van der Waals surface area contributed by atoms with Gasteiger partial charge < -0.3 is 15.7 Å². The number of anilines is 3. The van der Waals surface area contributed by atoms with Crippen LogP contribution in [-0.2, 0) is 0 Å². The Morgan fingerprint density at radius 2 is 2.11 bits per heavy atom. The molecule has 1 heterocycles. The van der Waals surface area contributed by atoms with Gasteiger partial charge in [0.05, 0.1) is 23.3 Å². The molecule has 0 amide bonds. The predicted molar refractivity (Wildman–Crippen MR) is 106 cm³/mol. The molecule has 0 spiro atoms. The largest absolute Gasteiger partial charge is 0.394 e. The van der Waals surface area contributed by atoms with Crippen molar-refractivity contribution in [2.45, 2.75) is 33.7 Å². The summed E-state index contributed by atoms with van der Waals surface area (Å²) in [5.74, 6) is 0.952. The Morgan fingerprint density at radius 1 is 1.37 bits per heavy atom. The molecule has 3 N–H and O–H groups in total. The fourth-order valence-electron chi connectivity index (χ4n) is 2.43. The zero-order valence-corrected chi connectivity index (χ0v) is 15.8. The molecule has 144 valence electrons. The number of hydrogen-bond donors (Lipinski definition) is 3. The van der Waals surface area contributed by atoms with Crippen LogP contribution in [0.3, 0.4) is 0 Å². The summed E-state index contributed by atoms with van der Waals surface area (Å²) in [5, 5.41) is 26.7. The molecule has 0 fully saturated rings. The first-order chi connectivity index (χ1) is 12.8. The maximum atomic E-state index is 11.0. The van der Waals surface area contributed by atoms with Crippen molar-refractivity contribution in [2.24, 2.45) is 10.9 Å². The molecule has 9 heteroatoms. The average molecular weight is 372 g/mol. The van der Waals surface area contributed by atoms with Gasteiger partial charge in [-0.2, -0.15) is 4.98 Å². The van der Waals surface area contributed by atoms with Gasteiger partial charge in [-0.3, -0.25) is 15.1 Å². The lowest BCUT2D eigenvalue weighted by molar-refractivity contribution is -0.384. The van der Waals surface area contributed by atoms with Crippen molar-refractivity contribution in [1.29, 1.82) is 0 Å². The Morgan fingerprint density at radius 3 is 2.70 bits per heavy atom. The number of nitrogens with one attached hydrogen (secondary N) is 2. The van der Waals surface area contributed by atoms with E-state index in [2.05, 4.69) is 25.6 Å². The van der Waals surface area contributed by atoms with Gasteiger partial charge in [0.25, 0.3) is 5.69 Å². The van der Waals surface area contributed by atoms with E-state index in [4.69, 9.17) is 0 Å². The fourth-order valence-corrected chi connectivity index (χ4v) is 2.43. The van der Waals surface area contributed by atoms with Gasteiger partial charge in [0.1, 0.15) is 5.69 Å². The number of nitro groups is 1. The summed E-state index contributed by atoms with van der Waals surface area (Å²) in [6.07, 6.45) is 1.63. The molecule has 2 rings (SSSR count). The van der Waals surface area contributed by atoms with Crippen LogP contribution in [0.4, 0.5) is 28.8 Å². The monoisotopic (exact) mass is 372 g/mol. The molecular formula is C18H24N6O3. The van der Waals surface area contributed by atoms with E-state index in [-0.39, 0.29) is 24.3 Å². The first kappa shape index (κ1) is 20.2. The summed E-state index contributed by atoms with van der Waals surface area (Å²) >= 11 is 0. The van der Waals surface area contributed by atoms with Crippen LogP contribution in [0.2, 0.25) is 0 Å². The Labute approximate surface area is 157 Å². The zero-order chi connectivity index (χ0) is 20.0. The Bertz CT molecular complexity index is 838. The van der Waals surface area contributed by atoms with Crippen LogP contribution in [0.25, 0.3) is 0 Å². The van der Waals surface area contributed by atoms with E-state index in [1.165, 1.54) is 12.1 Å². The summed E-state index contributed by atoms with van der Waals surface area (Å²) in [5.41, 5.74) is 1.67. The molecule has 0 saturated heterocycles. The summed E-state index contributed by atoms with van der Waals surface area (Å²) in [7, 11) is 0. The highest BCUT2D eigenvalue weighted by atomic mass is 16.6. The maximum Gasteiger partial charge on any atom is 0.271 e. The van der Waals surface area contributed by atoms with Crippen molar-refractivity contribution >= 4 is 35.0 Å². The first-order valence-corrected chi connectivity index (χ1v) is 8.61. The number of nitrogens with zero attached hydrogens (tertiary/aromatic N) is 4. The molecule has 0 aliphatic heterocycles. The second-order valence-electron chi connectivity index (χ2n) is 6.33. The van der Waals surface area contributed by atoms with E-state index in [1.54, 1.807) is 32.2 Å². The van der Waals surface area contributed by atoms with Crippen molar-refractivity contribution < 1.29 is 10.0 Å². The molecule has 2 aromatic rings. The molecule has 1 unspecified atom stereocenters. The van der Waals surface area contributed by atoms with Gasteiger partial charge in [-0.25, -0.2) is 4.98 Å². The first-order valence-electron chi connectivity index (χ1n) is 8.61. The SMILES string of the molecule is CC=Nc1c(C)nc(NC(CO)C(C)C)nc1Nc1cccc([N+](=O)[O-])c1. The lowest BCUT2D eigenvalue weighted by Crippen LogP contribution is -2.30. The van der Waals surface area contributed by atoms with E-state index in [9.17, 15) is 15.2 Å². The topological polar surface area (TPSA) is 126 Å². The highest BCUT2D eigenvalue weighted by molar-refractivity contribution is 5.75. The minimum absolute atomic E-state index is 0.0233. The van der Waals surface area contributed by atoms with Crippen molar-refractivity contribution in [1.82, 2.24) is 9.97 Å². The number of rotatable bonds is 8. The van der Waals surface area contributed by atoms with E-state index in [0.29, 0.717) is 28.8 Å². The molecule has 0 aliphatic rings. The summed E-state index contributed by atoms with van der Waals surface area (Å²) < 4.78 is 0. The van der Waals surface area contributed by atoms with Gasteiger partial charge in [0.2, 0.25) is 5.95 Å². The summed E-state index contributed by atoms with van der Waals surface area (Å²) in [4.78, 5) is 23.7. The fraction of sp³-hybridized carbons (Fsp3) is 0.389. The smallest absolute Gasteiger partial charge is 0.271 e. The molecule has 1 atom stereocenters. The van der Waals surface area contributed by atoms with E-state index in [1.807, 2.05) is 13.8 Å². The number of aliphatic hydroxyl groups excluding tert-OH is 1. The number of aromatic nitrogens is 2. The molecule has 1 aromatic carbocycles. The summed E-state index contributed by atoms with van der Waals surface area (Å²) in [6, 6.07) is 5.95. The highest BCUT2D eigenvalue weighted by Crippen LogP contribution is 2.31. The van der Waals surface area contributed by atoms with Gasteiger partial charge >= 0.3 is 0 Å². The van der Waals surface area contributed by atoms with Crippen molar-refractivity contribution in [2.75, 3.05) is 17.2 Å². The predicted octanol–water partition coefficient (Wildman–Crippen LogP) is 3.59. The highest BCUT2D eigenvalue weighted by Gasteiger charge is 2.17. The maximum absolute atomic E-state index is 11.0. The van der Waals surface area contributed by atoms with E-state index >= 15 is 0 Å². The Balaban J connectivity index is 2.43. The van der Waals surface area contributed by atoms with Crippen LogP contribution in [0.15, 0.2) is 29.3 Å². The third-order valence-electron chi connectivity index (χ3n) is 3.95. The van der Waals surface area contributed by atoms with Crippen LogP contribution >= 0.6 is 0 Å². The van der Waals surface area contributed by atoms with Gasteiger partial charge in [-0.1, -0.05) is 19.9 Å². The molecule has 0 radical (unpaired) electrons. The molecule has 1 aromatic heterocycles. The second kappa shape index (κ2) is 9.04. The quantitative estimate of drug-likeness (QED) is 0.367. The number of nitro benzene ring substituents is 1. The number of non-ortho nitro benzene ring substituents is 1. The van der Waals surface area contributed by atoms with Crippen molar-refractivity contribution in [3.63, 3.8) is 0 Å². The van der Waals surface area contributed by atoms with Crippen molar-refractivity contribution in [3.05, 3.63) is 40.1 Å². The number of aliphatic imine (C=N–C) groups is 1. The Hall–Kier alpha value is -3.07. The zero-order valence-electron chi connectivity index (χ0n) is 15.8. The molecule has 0 aliphatic carbocycles. The second-order valence-corrected chi connectivity index (χ2v) is 6.33. The Kier molecular flexibility index (Phi) is 6.78. The molecule has 9 nitrogen and oxygen atoms in total. The van der Waals surface area contributed by atoms with Crippen LogP contribution in [0, 0.1) is 23.0 Å². The third-order valence-corrected chi connectivity index (χ3v) is 3.95. The number of aliphatic hydroxyl groups is 1. The molecule has 0 bridgehead atoms. The summed E-state index contributed by atoms with van der Waals surface area (Å²) in [6.45, 7) is 7.50. The van der Waals surface area contributed by atoms with Gasteiger partial charge in [-0.15, -0.1) is 0 Å². The van der Waals surface area contributed by atoms with Gasteiger partial charge in [0, 0.05) is 24.0 Å².